The van der Waals surface area contributed by atoms with Crippen LogP contribution in [-0.2, 0) is 6.42 Å². The van der Waals surface area contributed by atoms with Gasteiger partial charge in [-0.2, -0.15) is 0 Å². The highest BCUT2D eigenvalue weighted by molar-refractivity contribution is 6.07. The van der Waals surface area contributed by atoms with E-state index >= 15 is 0 Å². The van der Waals surface area contributed by atoms with Crippen LogP contribution in [-0.4, -0.2) is 10.8 Å². The van der Waals surface area contributed by atoms with E-state index < -0.39 is 11.6 Å². The third kappa shape index (κ3) is 2.65. The fourth-order valence-corrected chi connectivity index (χ4v) is 2.27. The predicted octanol–water partition coefficient (Wildman–Crippen LogP) is 3.94. The molecule has 3 aromatic rings. The molecule has 3 rings (SSSR count). The zero-order valence-electron chi connectivity index (χ0n) is 11.0. The number of ketones is 1. The molecule has 4 heteroatoms. The number of pyridine rings is 1. The average Bonchev–Trinajstić information content (AvgIpc) is 2.50. The molecule has 2 nitrogen and oxygen atoms in total. The van der Waals surface area contributed by atoms with Gasteiger partial charge in [0.25, 0.3) is 0 Å². The number of Topliss-reactive ketones (excluding diaryl/α,β-unsaturated/α-hetero) is 1. The SMILES string of the molecule is O=C(Cc1ccc(F)c(F)c1)c1ccnc2ccccc12. The quantitative estimate of drug-likeness (QED) is 0.681. The Balaban J connectivity index is 1.95. The highest BCUT2D eigenvalue weighted by Gasteiger charge is 2.12. The van der Waals surface area contributed by atoms with E-state index in [0.717, 1.165) is 23.0 Å². The number of rotatable bonds is 3. The fraction of sp³-hybridized carbons (Fsp3) is 0.0588. The van der Waals surface area contributed by atoms with Gasteiger partial charge in [-0.1, -0.05) is 24.3 Å². The number of carbonyl (C=O) groups is 1. The van der Waals surface area contributed by atoms with Crippen molar-refractivity contribution < 1.29 is 13.6 Å². The molecule has 0 unspecified atom stereocenters. The lowest BCUT2D eigenvalue weighted by Gasteiger charge is -2.05. The van der Waals surface area contributed by atoms with Crippen LogP contribution in [0, 0.1) is 11.6 Å². The number of para-hydroxylation sites is 1. The maximum absolute atomic E-state index is 13.2. The lowest BCUT2D eigenvalue weighted by molar-refractivity contribution is 0.0994. The highest BCUT2D eigenvalue weighted by Crippen LogP contribution is 2.19. The molecule has 0 saturated carbocycles. The van der Waals surface area contributed by atoms with Gasteiger partial charge in [-0.05, 0) is 29.8 Å². The first-order valence-electron chi connectivity index (χ1n) is 6.46. The molecule has 0 atom stereocenters. The molecule has 0 spiro atoms. The van der Waals surface area contributed by atoms with Crippen molar-refractivity contribution in [1.29, 1.82) is 0 Å². The molecular weight excluding hydrogens is 272 g/mol. The monoisotopic (exact) mass is 283 g/mol. The average molecular weight is 283 g/mol. The van der Waals surface area contributed by atoms with Crippen molar-refractivity contribution in [3.63, 3.8) is 0 Å². The minimum Gasteiger partial charge on any atom is -0.294 e. The van der Waals surface area contributed by atoms with Crippen molar-refractivity contribution in [2.24, 2.45) is 0 Å². The standard InChI is InChI=1S/C17H11F2NO/c18-14-6-5-11(9-15(14)19)10-17(21)13-7-8-20-16-4-2-1-3-12(13)16/h1-9H,10H2. The van der Waals surface area contributed by atoms with Gasteiger partial charge in [0.05, 0.1) is 5.52 Å². The summed E-state index contributed by atoms with van der Waals surface area (Å²) in [6, 6.07) is 12.5. The van der Waals surface area contributed by atoms with Crippen molar-refractivity contribution in [1.82, 2.24) is 4.98 Å². The van der Waals surface area contributed by atoms with Gasteiger partial charge in [-0.15, -0.1) is 0 Å². The molecule has 0 aliphatic heterocycles. The molecule has 0 bridgehead atoms. The van der Waals surface area contributed by atoms with Crippen molar-refractivity contribution in [3.05, 3.63) is 77.5 Å². The number of carbonyl (C=O) groups excluding carboxylic acids is 1. The lowest BCUT2D eigenvalue weighted by Crippen LogP contribution is -2.05. The second kappa shape index (κ2) is 5.40. The van der Waals surface area contributed by atoms with Gasteiger partial charge < -0.3 is 0 Å². The summed E-state index contributed by atoms with van der Waals surface area (Å²) in [6.07, 6.45) is 1.59. The van der Waals surface area contributed by atoms with Gasteiger partial charge in [0, 0.05) is 23.6 Å². The number of hydrogen-bond acceptors (Lipinski definition) is 2. The zero-order valence-corrected chi connectivity index (χ0v) is 11.0. The van der Waals surface area contributed by atoms with Crippen LogP contribution < -0.4 is 0 Å². The highest BCUT2D eigenvalue weighted by atomic mass is 19.2. The molecule has 0 fully saturated rings. The van der Waals surface area contributed by atoms with Gasteiger partial charge in [0.15, 0.2) is 17.4 Å². The molecule has 1 heterocycles. The zero-order chi connectivity index (χ0) is 14.8. The molecule has 21 heavy (non-hydrogen) atoms. The largest absolute Gasteiger partial charge is 0.294 e. The van der Waals surface area contributed by atoms with Gasteiger partial charge in [0.1, 0.15) is 0 Å². The van der Waals surface area contributed by atoms with E-state index in [1.54, 1.807) is 12.3 Å². The van der Waals surface area contributed by atoms with Crippen LogP contribution in [0.1, 0.15) is 15.9 Å². The number of fused-ring (bicyclic) bond motifs is 1. The van der Waals surface area contributed by atoms with Crippen LogP contribution >= 0.6 is 0 Å². The summed E-state index contributed by atoms with van der Waals surface area (Å²) in [5.41, 5.74) is 1.71. The summed E-state index contributed by atoms with van der Waals surface area (Å²) in [5, 5.41) is 0.757. The van der Waals surface area contributed by atoms with E-state index in [2.05, 4.69) is 4.98 Å². The Bertz CT molecular complexity index is 825. The van der Waals surface area contributed by atoms with E-state index in [1.807, 2.05) is 24.3 Å². The molecule has 2 aromatic carbocycles. The minimum absolute atomic E-state index is 0.0191. The van der Waals surface area contributed by atoms with E-state index in [-0.39, 0.29) is 12.2 Å². The molecule has 1 aromatic heterocycles. The molecule has 0 aliphatic carbocycles. The van der Waals surface area contributed by atoms with Crippen LogP contribution in [0.5, 0.6) is 0 Å². The Morgan fingerprint density at radius 1 is 1.00 bits per heavy atom. The van der Waals surface area contributed by atoms with E-state index in [4.69, 9.17) is 0 Å². The van der Waals surface area contributed by atoms with Crippen molar-refractivity contribution in [2.75, 3.05) is 0 Å². The summed E-state index contributed by atoms with van der Waals surface area (Å²) in [5.74, 6) is -2.01. The third-order valence-electron chi connectivity index (χ3n) is 3.30. The Hall–Kier alpha value is -2.62. The van der Waals surface area contributed by atoms with Crippen molar-refractivity contribution in [2.45, 2.75) is 6.42 Å². The predicted molar refractivity (Wildman–Crippen MR) is 76.1 cm³/mol. The first-order valence-corrected chi connectivity index (χ1v) is 6.46. The third-order valence-corrected chi connectivity index (χ3v) is 3.30. The van der Waals surface area contributed by atoms with Crippen molar-refractivity contribution in [3.8, 4) is 0 Å². The number of halogens is 2. The Morgan fingerprint density at radius 3 is 2.62 bits per heavy atom. The maximum Gasteiger partial charge on any atom is 0.167 e. The Labute approximate surface area is 120 Å². The summed E-state index contributed by atoms with van der Waals surface area (Å²) in [7, 11) is 0. The second-order valence-electron chi connectivity index (χ2n) is 4.72. The smallest absolute Gasteiger partial charge is 0.167 e. The van der Waals surface area contributed by atoms with Crippen LogP contribution in [0.3, 0.4) is 0 Å². The minimum atomic E-state index is -0.945. The number of nitrogens with zero attached hydrogens (tertiary/aromatic N) is 1. The van der Waals surface area contributed by atoms with Gasteiger partial charge in [-0.3, -0.25) is 9.78 Å². The summed E-state index contributed by atoms with van der Waals surface area (Å²) >= 11 is 0. The van der Waals surface area contributed by atoms with Crippen LogP contribution in [0.15, 0.2) is 54.7 Å². The van der Waals surface area contributed by atoms with Gasteiger partial charge in [-0.25, -0.2) is 8.78 Å². The second-order valence-corrected chi connectivity index (χ2v) is 4.72. The van der Waals surface area contributed by atoms with Crippen LogP contribution in [0.2, 0.25) is 0 Å². The van der Waals surface area contributed by atoms with Crippen LogP contribution in [0.25, 0.3) is 10.9 Å². The van der Waals surface area contributed by atoms with E-state index in [0.29, 0.717) is 11.1 Å². The molecule has 0 N–H and O–H groups in total. The van der Waals surface area contributed by atoms with Gasteiger partial charge >= 0.3 is 0 Å². The summed E-state index contributed by atoms with van der Waals surface area (Å²) in [4.78, 5) is 16.6. The molecular formula is C17H11F2NO. The molecule has 104 valence electrons. The molecule has 0 amide bonds. The molecule has 0 saturated heterocycles. The number of hydrogen-bond donors (Lipinski definition) is 0. The fourth-order valence-electron chi connectivity index (χ4n) is 2.27. The topological polar surface area (TPSA) is 30.0 Å². The van der Waals surface area contributed by atoms with E-state index in [9.17, 15) is 13.6 Å². The number of aromatic nitrogens is 1. The Morgan fingerprint density at radius 2 is 1.81 bits per heavy atom. The lowest BCUT2D eigenvalue weighted by atomic mass is 10.00. The van der Waals surface area contributed by atoms with Crippen molar-refractivity contribution >= 4 is 16.7 Å². The first kappa shape index (κ1) is 13.4. The molecule has 0 radical (unpaired) electrons. The normalized spacial score (nSPS) is 10.8. The van der Waals surface area contributed by atoms with Crippen LogP contribution in [0.4, 0.5) is 8.78 Å². The summed E-state index contributed by atoms with van der Waals surface area (Å²) in [6.45, 7) is 0. The van der Waals surface area contributed by atoms with E-state index in [1.165, 1.54) is 6.07 Å². The molecule has 0 aliphatic rings. The first-order chi connectivity index (χ1) is 10.1. The maximum atomic E-state index is 13.2. The number of benzene rings is 2. The van der Waals surface area contributed by atoms with Gasteiger partial charge in [0.2, 0.25) is 0 Å². The summed E-state index contributed by atoms with van der Waals surface area (Å²) < 4.78 is 26.1. The Kier molecular flexibility index (Phi) is 3.44.